The summed E-state index contributed by atoms with van der Waals surface area (Å²) in [5, 5.41) is 9.91. The van der Waals surface area contributed by atoms with Crippen molar-refractivity contribution in [2.24, 2.45) is 0 Å². The number of para-hydroxylation sites is 2. The average Bonchev–Trinajstić information content (AvgIpc) is 3.75. The molecule has 0 spiro atoms. The van der Waals surface area contributed by atoms with Gasteiger partial charge < -0.3 is 9.32 Å². The van der Waals surface area contributed by atoms with Gasteiger partial charge in [-0.05, 0) is 133 Å². The van der Waals surface area contributed by atoms with Crippen LogP contribution in [0, 0.1) is 0 Å². The smallest absolute Gasteiger partial charge is 0.159 e. The molecule has 12 rings (SSSR count). The molecule has 0 aliphatic heterocycles. The molecule has 1 aliphatic carbocycles. The first-order valence-corrected chi connectivity index (χ1v) is 22.2. The third-order valence-electron chi connectivity index (χ3n) is 13.4. The summed E-state index contributed by atoms with van der Waals surface area (Å²) in [6.45, 7) is 0. The molecule has 0 N–H and O–H groups in total. The molecule has 1 aromatic heterocycles. The highest BCUT2D eigenvalue weighted by atomic mass is 16.3. The number of hydrogen-bond acceptors (Lipinski definition) is 2. The summed E-state index contributed by atoms with van der Waals surface area (Å²) < 4.78 is 7.29. The van der Waals surface area contributed by atoms with Crippen molar-refractivity contribution in [2.45, 2.75) is 38.0 Å². The maximum Gasteiger partial charge on any atom is 0.159 e. The predicted octanol–water partition coefficient (Wildman–Crippen LogP) is 17.6. The lowest BCUT2D eigenvalue weighted by Crippen LogP contribution is -2.11. The van der Waals surface area contributed by atoms with Crippen LogP contribution >= 0.6 is 0 Å². The van der Waals surface area contributed by atoms with Gasteiger partial charge in [0.2, 0.25) is 0 Å². The average molecular weight is 796 g/mol. The molecule has 1 fully saturated rings. The quantitative estimate of drug-likeness (QED) is 0.160. The second-order valence-electron chi connectivity index (χ2n) is 17.1. The van der Waals surface area contributed by atoms with Gasteiger partial charge in [-0.2, -0.15) is 0 Å². The lowest BCUT2D eigenvalue weighted by molar-refractivity contribution is 0.442. The van der Waals surface area contributed by atoms with E-state index in [1.165, 1.54) is 103 Å². The van der Waals surface area contributed by atoms with E-state index in [1.54, 1.807) is 0 Å². The zero-order valence-electron chi connectivity index (χ0n) is 34.6. The maximum atomic E-state index is 7.29. The van der Waals surface area contributed by atoms with Gasteiger partial charge in [-0.1, -0.05) is 177 Å². The molecule has 0 saturated heterocycles. The topological polar surface area (TPSA) is 16.4 Å². The Labute approximate surface area is 362 Å². The van der Waals surface area contributed by atoms with Crippen LogP contribution in [0.5, 0.6) is 0 Å². The van der Waals surface area contributed by atoms with Crippen LogP contribution < -0.4 is 4.90 Å². The van der Waals surface area contributed by atoms with Gasteiger partial charge in [0, 0.05) is 22.0 Å². The van der Waals surface area contributed by atoms with E-state index in [1.807, 2.05) is 0 Å². The molecule has 1 saturated carbocycles. The Morgan fingerprint density at radius 2 is 0.935 bits per heavy atom. The van der Waals surface area contributed by atoms with Crippen LogP contribution in [-0.4, -0.2) is 0 Å². The fraction of sp³-hybridized carbons (Fsp3) is 0.100. The minimum atomic E-state index is 0.504. The highest BCUT2D eigenvalue weighted by molar-refractivity contribution is 6.22. The first-order valence-electron chi connectivity index (χ1n) is 22.2. The summed E-state index contributed by atoms with van der Waals surface area (Å²) in [6, 6.07) is 75.6. The SMILES string of the molecule is c1ccc(-c2ccccc2N(c2ccc(-c3ccc4cc(-c5ccc6ccccc6c5)ccc4c3)cc2)c2cccc3c2oc2c(C4CCCCC4)cc4ccccc4c23)cc1. The zero-order chi connectivity index (χ0) is 41.0. The first kappa shape index (κ1) is 36.4. The zero-order valence-corrected chi connectivity index (χ0v) is 34.6. The summed E-state index contributed by atoms with van der Waals surface area (Å²) in [5.74, 6) is 0.504. The number of rotatable bonds is 7. The normalized spacial score (nSPS) is 13.4. The number of nitrogens with zero attached hydrogens (tertiary/aromatic N) is 1. The Kier molecular flexibility index (Phi) is 8.96. The number of fused-ring (bicyclic) bond motifs is 7. The van der Waals surface area contributed by atoms with E-state index in [0.29, 0.717) is 5.92 Å². The predicted molar refractivity (Wildman–Crippen MR) is 263 cm³/mol. The van der Waals surface area contributed by atoms with Crippen LogP contribution in [0.25, 0.3) is 87.6 Å². The summed E-state index contributed by atoms with van der Waals surface area (Å²) >= 11 is 0. The highest BCUT2D eigenvalue weighted by Crippen LogP contribution is 2.49. The molecule has 2 heteroatoms. The summed E-state index contributed by atoms with van der Waals surface area (Å²) in [6.07, 6.45) is 6.29. The van der Waals surface area contributed by atoms with Crippen molar-refractivity contribution in [3.8, 4) is 33.4 Å². The monoisotopic (exact) mass is 795 g/mol. The lowest BCUT2D eigenvalue weighted by Gasteiger charge is -2.28. The second-order valence-corrected chi connectivity index (χ2v) is 17.1. The van der Waals surface area contributed by atoms with Crippen LogP contribution in [0.3, 0.4) is 0 Å². The van der Waals surface area contributed by atoms with Gasteiger partial charge in [-0.3, -0.25) is 0 Å². The highest BCUT2D eigenvalue weighted by Gasteiger charge is 2.26. The van der Waals surface area contributed by atoms with Gasteiger partial charge in [0.05, 0.1) is 11.4 Å². The van der Waals surface area contributed by atoms with Crippen molar-refractivity contribution < 1.29 is 4.42 Å². The van der Waals surface area contributed by atoms with Gasteiger partial charge >= 0.3 is 0 Å². The molecular weight excluding hydrogens is 751 g/mol. The lowest BCUT2D eigenvalue weighted by atomic mass is 9.82. The molecule has 0 bridgehead atoms. The third kappa shape index (κ3) is 6.34. The molecule has 1 aliphatic rings. The molecule has 62 heavy (non-hydrogen) atoms. The first-order chi connectivity index (χ1) is 30.7. The molecule has 10 aromatic carbocycles. The van der Waals surface area contributed by atoms with Crippen LogP contribution in [0.1, 0.15) is 43.6 Å². The van der Waals surface area contributed by atoms with Crippen molar-refractivity contribution in [2.75, 3.05) is 4.90 Å². The van der Waals surface area contributed by atoms with Gasteiger partial charge in [0.25, 0.3) is 0 Å². The van der Waals surface area contributed by atoms with Gasteiger partial charge in [-0.25, -0.2) is 0 Å². The molecule has 0 amide bonds. The molecule has 0 atom stereocenters. The van der Waals surface area contributed by atoms with E-state index in [-0.39, 0.29) is 0 Å². The largest absolute Gasteiger partial charge is 0.454 e. The Balaban J connectivity index is 0.987. The Morgan fingerprint density at radius 1 is 0.371 bits per heavy atom. The molecule has 296 valence electrons. The van der Waals surface area contributed by atoms with E-state index >= 15 is 0 Å². The van der Waals surface area contributed by atoms with Crippen molar-refractivity contribution in [1.82, 2.24) is 0 Å². The third-order valence-corrected chi connectivity index (χ3v) is 13.4. The minimum absolute atomic E-state index is 0.504. The molecule has 0 radical (unpaired) electrons. The van der Waals surface area contributed by atoms with Crippen LogP contribution in [0.15, 0.2) is 211 Å². The number of benzene rings is 10. The fourth-order valence-corrected chi connectivity index (χ4v) is 10.3. The molecule has 11 aromatic rings. The molecule has 2 nitrogen and oxygen atoms in total. The standard InChI is InChI=1S/C60H45NO/c1-3-15-42(16-4-1)52-21-11-12-24-56(52)61(57-25-13-23-54-58-53-22-10-9-20-50(53)39-55(60(58)62-59(54)57)43-17-5-2-6-18-43)51-34-32-41(33-35-51)45-28-29-48-38-49(31-30-47(48)37-45)46-27-26-40-14-7-8-19-44(40)36-46/h1,3-4,7-16,19-39,43H,2,5-6,17-18H2. The molecule has 0 unspecified atom stereocenters. The van der Waals surface area contributed by atoms with Gasteiger partial charge in [0.1, 0.15) is 5.58 Å². The van der Waals surface area contributed by atoms with Gasteiger partial charge in [-0.15, -0.1) is 0 Å². The minimum Gasteiger partial charge on any atom is -0.454 e. The second kappa shape index (κ2) is 15.2. The summed E-state index contributed by atoms with van der Waals surface area (Å²) in [7, 11) is 0. The van der Waals surface area contributed by atoms with E-state index in [4.69, 9.17) is 4.42 Å². The van der Waals surface area contributed by atoms with Crippen LogP contribution in [-0.2, 0) is 0 Å². The van der Waals surface area contributed by atoms with Crippen molar-refractivity contribution in [3.05, 3.63) is 212 Å². The number of anilines is 3. The maximum absolute atomic E-state index is 7.29. The van der Waals surface area contributed by atoms with Crippen molar-refractivity contribution in [3.63, 3.8) is 0 Å². The number of hydrogen-bond donors (Lipinski definition) is 0. The molecular formula is C60H45NO. The summed E-state index contributed by atoms with van der Waals surface area (Å²) in [5.41, 5.74) is 13.7. The van der Waals surface area contributed by atoms with Crippen LogP contribution in [0.2, 0.25) is 0 Å². The van der Waals surface area contributed by atoms with E-state index in [0.717, 1.165) is 39.2 Å². The van der Waals surface area contributed by atoms with E-state index in [9.17, 15) is 0 Å². The van der Waals surface area contributed by atoms with E-state index < -0.39 is 0 Å². The Bertz CT molecular complexity index is 3440. The Hall–Kier alpha value is -7.42. The van der Waals surface area contributed by atoms with Crippen molar-refractivity contribution in [1.29, 1.82) is 0 Å². The van der Waals surface area contributed by atoms with E-state index in [2.05, 4.69) is 211 Å². The molecule has 1 heterocycles. The van der Waals surface area contributed by atoms with Crippen LogP contribution in [0.4, 0.5) is 17.1 Å². The van der Waals surface area contributed by atoms with Crippen molar-refractivity contribution >= 4 is 71.3 Å². The summed E-state index contributed by atoms with van der Waals surface area (Å²) in [4.78, 5) is 2.41. The van der Waals surface area contributed by atoms with Gasteiger partial charge in [0.15, 0.2) is 5.58 Å². The fourth-order valence-electron chi connectivity index (χ4n) is 10.3. The Morgan fingerprint density at radius 3 is 1.69 bits per heavy atom. The number of furan rings is 1.